The SMILES string of the molecule is NCc1ccc(NC(=S)Oc2ccc(Cl)cc2)cc1. The molecule has 0 bridgehead atoms. The normalized spacial score (nSPS) is 10.0. The Hall–Kier alpha value is -1.62. The molecule has 3 nitrogen and oxygen atoms in total. The van der Waals surface area contributed by atoms with Crippen LogP contribution in [0.2, 0.25) is 5.02 Å². The quantitative estimate of drug-likeness (QED) is 0.849. The van der Waals surface area contributed by atoms with Crippen LogP contribution < -0.4 is 15.8 Å². The van der Waals surface area contributed by atoms with Crippen LogP contribution in [0.3, 0.4) is 0 Å². The van der Waals surface area contributed by atoms with Crippen molar-refractivity contribution in [2.75, 3.05) is 5.32 Å². The van der Waals surface area contributed by atoms with Crippen molar-refractivity contribution in [3.05, 3.63) is 59.1 Å². The molecule has 0 unspecified atom stereocenters. The first-order valence-corrected chi connectivity index (χ1v) is 6.49. The summed E-state index contributed by atoms with van der Waals surface area (Å²) in [5.41, 5.74) is 7.46. The van der Waals surface area contributed by atoms with E-state index >= 15 is 0 Å². The van der Waals surface area contributed by atoms with Crippen LogP contribution in [-0.4, -0.2) is 5.17 Å². The van der Waals surface area contributed by atoms with Crippen molar-refractivity contribution < 1.29 is 4.74 Å². The van der Waals surface area contributed by atoms with Gasteiger partial charge in [-0.1, -0.05) is 23.7 Å². The molecule has 19 heavy (non-hydrogen) atoms. The van der Waals surface area contributed by atoms with E-state index in [0.29, 0.717) is 17.3 Å². The van der Waals surface area contributed by atoms with E-state index < -0.39 is 0 Å². The van der Waals surface area contributed by atoms with Gasteiger partial charge in [0, 0.05) is 17.3 Å². The summed E-state index contributed by atoms with van der Waals surface area (Å²) in [7, 11) is 0. The van der Waals surface area contributed by atoms with Crippen molar-refractivity contribution in [3.8, 4) is 5.75 Å². The maximum absolute atomic E-state index is 5.79. The molecule has 0 saturated carbocycles. The summed E-state index contributed by atoms with van der Waals surface area (Å²) in [6, 6.07) is 14.7. The second-order valence-electron chi connectivity index (χ2n) is 3.87. The lowest BCUT2D eigenvalue weighted by Crippen LogP contribution is -2.16. The van der Waals surface area contributed by atoms with E-state index in [9.17, 15) is 0 Å². The molecule has 98 valence electrons. The van der Waals surface area contributed by atoms with E-state index in [2.05, 4.69) is 5.32 Å². The molecule has 0 radical (unpaired) electrons. The standard InChI is InChI=1S/C14H13ClN2OS/c15-11-3-7-13(8-4-11)18-14(19)17-12-5-1-10(9-16)2-6-12/h1-8H,9,16H2,(H,17,19). The van der Waals surface area contributed by atoms with Crippen LogP contribution in [0.4, 0.5) is 5.69 Å². The third kappa shape index (κ3) is 4.21. The largest absolute Gasteiger partial charge is 0.432 e. The van der Waals surface area contributed by atoms with Gasteiger partial charge in [0.25, 0.3) is 5.17 Å². The number of rotatable bonds is 3. The fourth-order valence-corrected chi connectivity index (χ4v) is 1.82. The van der Waals surface area contributed by atoms with Gasteiger partial charge in [-0.2, -0.15) is 0 Å². The third-order valence-corrected chi connectivity index (χ3v) is 2.90. The van der Waals surface area contributed by atoms with E-state index in [4.69, 9.17) is 34.3 Å². The number of anilines is 1. The van der Waals surface area contributed by atoms with Crippen molar-refractivity contribution in [3.63, 3.8) is 0 Å². The van der Waals surface area contributed by atoms with Crippen LogP contribution in [0, 0.1) is 0 Å². The predicted molar refractivity (Wildman–Crippen MR) is 82.6 cm³/mol. The highest BCUT2D eigenvalue weighted by atomic mass is 35.5. The Kier molecular flexibility index (Phi) is 4.74. The molecular weight excluding hydrogens is 280 g/mol. The Balaban J connectivity index is 1.95. The zero-order chi connectivity index (χ0) is 13.7. The summed E-state index contributed by atoms with van der Waals surface area (Å²) >= 11 is 10.9. The van der Waals surface area contributed by atoms with Crippen molar-refractivity contribution in [2.45, 2.75) is 6.54 Å². The summed E-state index contributed by atoms with van der Waals surface area (Å²) in [5, 5.41) is 3.93. The Labute approximate surface area is 122 Å². The topological polar surface area (TPSA) is 47.3 Å². The average Bonchev–Trinajstić information content (AvgIpc) is 2.42. The number of benzene rings is 2. The summed E-state index contributed by atoms with van der Waals surface area (Å²) < 4.78 is 5.47. The molecule has 0 aliphatic heterocycles. The van der Waals surface area contributed by atoms with Gasteiger partial charge in [-0.15, -0.1) is 0 Å². The second-order valence-corrected chi connectivity index (χ2v) is 4.68. The molecule has 3 N–H and O–H groups in total. The van der Waals surface area contributed by atoms with Gasteiger partial charge in [0.05, 0.1) is 0 Å². The van der Waals surface area contributed by atoms with Gasteiger partial charge in [0.2, 0.25) is 0 Å². The molecule has 0 spiro atoms. The third-order valence-electron chi connectivity index (χ3n) is 2.46. The van der Waals surface area contributed by atoms with Crippen LogP contribution in [-0.2, 0) is 6.54 Å². The molecule has 0 heterocycles. The first-order valence-electron chi connectivity index (χ1n) is 5.71. The molecule has 0 aliphatic carbocycles. The van der Waals surface area contributed by atoms with E-state index in [-0.39, 0.29) is 5.17 Å². The first kappa shape index (κ1) is 13.8. The molecule has 0 saturated heterocycles. The maximum Gasteiger partial charge on any atom is 0.266 e. The van der Waals surface area contributed by atoms with E-state index in [0.717, 1.165) is 11.3 Å². The van der Waals surface area contributed by atoms with Gasteiger partial charge in [-0.3, -0.25) is 0 Å². The van der Waals surface area contributed by atoms with E-state index in [1.807, 2.05) is 24.3 Å². The summed E-state index contributed by atoms with van der Waals surface area (Å²) in [5.74, 6) is 0.639. The molecule has 0 aromatic heterocycles. The van der Waals surface area contributed by atoms with Gasteiger partial charge < -0.3 is 15.8 Å². The Morgan fingerprint density at radius 2 is 1.74 bits per heavy atom. The molecule has 0 atom stereocenters. The number of nitrogens with one attached hydrogen (secondary N) is 1. The molecule has 5 heteroatoms. The number of nitrogens with two attached hydrogens (primary N) is 1. The minimum absolute atomic E-state index is 0.280. The molecule has 2 aromatic rings. The Morgan fingerprint density at radius 3 is 2.32 bits per heavy atom. The minimum atomic E-state index is 0.280. The van der Waals surface area contributed by atoms with Crippen molar-refractivity contribution in [1.82, 2.24) is 0 Å². The van der Waals surface area contributed by atoms with Gasteiger partial charge in [0.1, 0.15) is 5.75 Å². The summed E-state index contributed by atoms with van der Waals surface area (Å²) in [4.78, 5) is 0. The Bertz CT molecular complexity index is 555. The van der Waals surface area contributed by atoms with Crippen LogP contribution in [0.5, 0.6) is 5.75 Å². The summed E-state index contributed by atoms with van der Waals surface area (Å²) in [6.45, 7) is 0.520. The monoisotopic (exact) mass is 292 g/mol. The van der Waals surface area contributed by atoms with Crippen molar-refractivity contribution in [1.29, 1.82) is 0 Å². The van der Waals surface area contributed by atoms with E-state index in [1.54, 1.807) is 24.3 Å². The van der Waals surface area contributed by atoms with Gasteiger partial charge in [-0.25, -0.2) is 0 Å². The van der Waals surface area contributed by atoms with Crippen LogP contribution in [0.25, 0.3) is 0 Å². The molecular formula is C14H13ClN2OS. The zero-order valence-electron chi connectivity index (χ0n) is 10.1. The number of thiocarbonyl (C=S) groups is 1. The van der Waals surface area contributed by atoms with Crippen LogP contribution in [0.15, 0.2) is 48.5 Å². The van der Waals surface area contributed by atoms with Gasteiger partial charge in [0.15, 0.2) is 0 Å². The second kappa shape index (κ2) is 6.52. The zero-order valence-corrected chi connectivity index (χ0v) is 11.7. The lowest BCUT2D eigenvalue weighted by Gasteiger charge is -2.09. The van der Waals surface area contributed by atoms with E-state index in [1.165, 1.54) is 0 Å². The number of hydrogen-bond donors (Lipinski definition) is 2. The fourth-order valence-electron chi connectivity index (χ4n) is 1.48. The van der Waals surface area contributed by atoms with Gasteiger partial charge in [-0.05, 0) is 54.2 Å². The fraction of sp³-hybridized carbons (Fsp3) is 0.0714. The lowest BCUT2D eigenvalue weighted by atomic mass is 10.2. The average molecular weight is 293 g/mol. The predicted octanol–water partition coefficient (Wildman–Crippen LogP) is 3.57. The first-order chi connectivity index (χ1) is 9.17. The highest BCUT2D eigenvalue weighted by Gasteiger charge is 2.01. The number of ether oxygens (including phenoxy) is 1. The molecule has 2 aromatic carbocycles. The molecule has 2 rings (SSSR count). The highest BCUT2D eigenvalue weighted by Crippen LogP contribution is 2.16. The number of hydrogen-bond acceptors (Lipinski definition) is 3. The lowest BCUT2D eigenvalue weighted by molar-refractivity contribution is 0.563. The summed E-state index contributed by atoms with van der Waals surface area (Å²) in [6.07, 6.45) is 0. The van der Waals surface area contributed by atoms with Crippen molar-refractivity contribution in [2.24, 2.45) is 5.73 Å². The molecule has 0 amide bonds. The minimum Gasteiger partial charge on any atom is -0.432 e. The smallest absolute Gasteiger partial charge is 0.266 e. The molecule has 0 fully saturated rings. The Morgan fingerprint density at radius 1 is 1.11 bits per heavy atom. The van der Waals surface area contributed by atoms with Crippen LogP contribution in [0.1, 0.15) is 5.56 Å². The molecule has 0 aliphatic rings. The highest BCUT2D eigenvalue weighted by molar-refractivity contribution is 7.80. The van der Waals surface area contributed by atoms with Crippen LogP contribution >= 0.6 is 23.8 Å². The van der Waals surface area contributed by atoms with Crippen molar-refractivity contribution >= 4 is 34.7 Å². The number of halogens is 1. The maximum atomic E-state index is 5.79. The van der Waals surface area contributed by atoms with Gasteiger partial charge >= 0.3 is 0 Å².